The molecule has 144 valence electrons. The minimum absolute atomic E-state index is 0.0217. The number of rotatable bonds is 5. The van der Waals surface area contributed by atoms with Gasteiger partial charge in [-0.15, -0.1) is 0 Å². The van der Waals surface area contributed by atoms with Crippen molar-refractivity contribution in [3.63, 3.8) is 0 Å². The van der Waals surface area contributed by atoms with Crippen LogP contribution in [0.3, 0.4) is 0 Å². The quantitative estimate of drug-likeness (QED) is 0.652. The fourth-order valence-corrected chi connectivity index (χ4v) is 3.95. The number of alkyl halides is 5. The Labute approximate surface area is 157 Å². The van der Waals surface area contributed by atoms with Gasteiger partial charge in [0.15, 0.2) is 5.17 Å². The van der Waals surface area contributed by atoms with Crippen LogP contribution in [0.4, 0.5) is 27.6 Å². The van der Waals surface area contributed by atoms with E-state index in [1.807, 2.05) is 0 Å². The molecule has 1 aromatic carbocycles. The van der Waals surface area contributed by atoms with Crippen LogP contribution in [0, 0.1) is 0 Å². The first-order valence-corrected chi connectivity index (χ1v) is 9.68. The highest BCUT2D eigenvalue weighted by atomic mass is 35.5. The number of hydrogen-bond donors (Lipinski definition) is 0. The maximum atomic E-state index is 13.2. The number of hydrogen-bond acceptors (Lipinski definition) is 4. The number of aliphatic imine (C=N–C) groups is 1. The topological polar surface area (TPSA) is 49.7 Å². The van der Waals surface area contributed by atoms with Crippen LogP contribution < -0.4 is 0 Å². The zero-order chi connectivity index (χ0) is 19.7. The monoisotopic (exact) mass is 434 g/mol. The van der Waals surface area contributed by atoms with E-state index in [-0.39, 0.29) is 26.5 Å². The SMILES string of the molecule is CC(F)(F)CN1C(=O)CSC1=Nc1cc(S(=O)CC(F)(F)F)ccc1Cl. The summed E-state index contributed by atoms with van der Waals surface area (Å²) in [6.07, 6.45) is -4.62. The average Bonchev–Trinajstić information content (AvgIpc) is 2.79. The van der Waals surface area contributed by atoms with E-state index in [0.717, 1.165) is 22.7 Å². The molecule has 0 aromatic heterocycles. The van der Waals surface area contributed by atoms with Gasteiger partial charge in [-0.05, 0) is 18.2 Å². The number of benzene rings is 1. The summed E-state index contributed by atoms with van der Waals surface area (Å²) < 4.78 is 75.4. The van der Waals surface area contributed by atoms with E-state index >= 15 is 0 Å². The van der Waals surface area contributed by atoms with Crippen LogP contribution in [0.1, 0.15) is 6.92 Å². The van der Waals surface area contributed by atoms with Crippen molar-refractivity contribution < 1.29 is 31.0 Å². The van der Waals surface area contributed by atoms with E-state index in [1.165, 1.54) is 12.1 Å². The third-order valence-corrected chi connectivity index (χ3v) is 5.63. The van der Waals surface area contributed by atoms with Gasteiger partial charge in [-0.2, -0.15) is 13.2 Å². The van der Waals surface area contributed by atoms with Crippen LogP contribution in [0.2, 0.25) is 5.02 Å². The second-order valence-electron chi connectivity index (χ2n) is 5.45. The van der Waals surface area contributed by atoms with Gasteiger partial charge in [0.1, 0.15) is 5.75 Å². The predicted octanol–water partition coefficient (Wildman–Crippen LogP) is 4.23. The highest BCUT2D eigenvalue weighted by Crippen LogP contribution is 2.32. The fraction of sp³-hybridized carbons (Fsp3) is 0.429. The van der Waals surface area contributed by atoms with Gasteiger partial charge in [0, 0.05) is 11.8 Å². The smallest absolute Gasteiger partial charge is 0.284 e. The Balaban J connectivity index is 2.33. The van der Waals surface area contributed by atoms with Crippen molar-refractivity contribution in [1.29, 1.82) is 0 Å². The molecule has 0 bridgehead atoms. The lowest BCUT2D eigenvalue weighted by Crippen LogP contribution is -2.38. The van der Waals surface area contributed by atoms with E-state index in [1.54, 1.807) is 0 Å². The van der Waals surface area contributed by atoms with Gasteiger partial charge in [0.2, 0.25) is 5.91 Å². The lowest BCUT2D eigenvalue weighted by atomic mass is 10.3. The van der Waals surface area contributed by atoms with E-state index in [4.69, 9.17) is 11.6 Å². The van der Waals surface area contributed by atoms with Crippen LogP contribution in [-0.4, -0.2) is 50.3 Å². The third kappa shape index (κ3) is 5.92. The van der Waals surface area contributed by atoms with E-state index in [2.05, 4.69) is 4.99 Å². The first-order chi connectivity index (χ1) is 11.9. The molecule has 0 N–H and O–H groups in total. The Kier molecular flexibility index (Phi) is 6.34. The lowest BCUT2D eigenvalue weighted by Gasteiger charge is -2.20. The molecule has 1 atom stereocenters. The maximum Gasteiger partial charge on any atom is 0.400 e. The molecule has 1 aromatic rings. The molecule has 0 aliphatic carbocycles. The average molecular weight is 435 g/mol. The normalized spacial score (nSPS) is 18.7. The van der Waals surface area contributed by atoms with Crippen LogP contribution in [0.15, 0.2) is 28.1 Å². The van der Waals surface area contributed by atoms with Gasteiger partial charge >= 0.3 is 6.18 Å². The summed E-state index contributed by atoms with van der Waals surface area (Å²) in [5.41, 5.74) is -0.0543. The zero-order valence-corrected chi connectivity index (χ0v) is 15.5. The summed E-state index contributed by atoms with van der Waals surface area (Å²) in [5.74, 6) is -5.34. The van der Waals surface area contributed by atoms with Gasteiger partial charge < -0.3 is 0 Å². The summed E-state index contributed by atoms with van der Waals surface area (Å²) >= 11 is 6.85. The van der Waals surface area contributed by atoms with E-state index < -0.39 is 41.1 Å². The molecule has 0 spiro atoms. The summed E-state index contributed by atoms with van der Waals surface area (Å²) in [4.78, 5) is 16.4. The molecule has 1 unspecified atom stereocenters. The number of amides is 1. The zero-order valence-electron chi connectivity index (χ0n) is 13.1. The largest absolute Gasteiger partial charge is 0.400 e. The van der Waals surface area contributed by atoms with Gasteiger partial charge in [-0.25, -0.2) is 13.8 Å². The second-order valence-corrected chi connectivity index (χ2v) is 8.25. The minimum atomic E-state index is -4.62. The number of carbonyl (C=O) groups is 1. The first-order valence-electron chi connectivity index (χ1n) is 7.00. The summed E-state index contributed by atoms with van der Waals surface area (Å²) in [6, 6.07) is 3.46. The van der Waals surface area contributed by atoms with Crippen molar-refractivity contribution in [1.82, 2.24) is 4.90 Å². The lowest BCUT2D eigenvalue weighted by molar-refractivity contribution is -0.127. The summed E-state index contributed by atoms with van der Waals surface area (Å²) in [6.45, 7) is -0.232. The molecule has 4 nitrogen and oxygen atoms in total. The molecule has 12 heteroatoms. The molecular formula is C14H12ClF5N2O2S2. The first kappa shape index (κ1) is 21.1. The standard InChI is InChI=1S/C14H12ClF5N2O2S2/c1-13(16,17)6-22-11(23)5-25-12(22)21-10-4-8(2-3-9(10)15)26(24)7-14(18,19)20/h2-4H,5-7H2,1H3. The molecule has 26 heavy (non-hydrogen) atoms. The van der Waals surface area contributed by atoms with Crippen LogP contribution in [-0.2, 0) is 15.6 Å². The fourth-order valence-electron chi connectivity index (χ4n) is 1.97. The number of carbonyl (C=O) groups excluding carboxylic acids is 1. The minimum Gasteiger partial charge on any atom is -0.284 e. The molecule has 1 aliphatic rings. The molecule has 1 saturated heterocycles. The Morgan fingerprint density at radius 1 is 1.31 bits per heavy atom. The Morgan fingerprint density at radius 2 is 1.96 bits per heavy atom. The van der Waals surface area contributed by atoms with E-state index in [9.17, 15) is 31.0 Å². The molecular weight excluding hydrogens is 423 g/mol. The van der Waals surface area contributed by atoms with Crippen molar-refractivity contribution in [3.05, 3.63) is 23.2 Å². The van der Waals surface area contributed by atoms with Gasteiger partial charge in [-0.1, -0.05) is 23.4 Å². The molecule has 0 radical (unpaired) electrons. The maximum absolute atomic E-state index is 13.2. The van der Waals surface area contributed by atoms with Crippen molar-refractivity contribution in [3.8, 4) is 0 Å². The number of amidine groups is 1. The summed E-state index contributed by atoms with van der Waals surface area (Å²) in [7, 11) is -2.37. The Hall–Kier alpha value is -1.20. The number of nitrogens with zero attached hydrogens (tertiary/aromatic N) is 2. The molecule has 1 heterocycles. The van der Waals surface area contributed by atoms with Crippen molar-refractivity contribution in [2.75, 3.05) is 18.1 Å². The van der Waals surface area contributed by atoms with Crippen molar-refractivity contribution in [2.45, 2.75) is 23.9 Å². The van der Waals surface area contributed by atoms with Crippen LogP contribution in [0.25, 0.3) is 0 Å². The Morgan fingerprint density at radius 3 is 2.54 bits per heavy atom. The van der Waals surface area contributed by atoms with Gasteiger partial charge in [-0.3, -0.25) is 13.9 Å². The highest BCUT2D eigenvalue weighted by molar-refractivity contribution is 8.15. The number of halogens is 6. The van der Waals surface area contributed by atoms with Gasteiger partial charge in [0.25, 0.3) is 5.92 Å². The molecule has 1 amide bonds. The van der Waals surface area contributed by atoms with Crippen molar-refractivity contribution in [2.24, 2.45) is 4.99 Å². The molecule has 1 aliphatic heterocycles. The Bertz CT molecular complexity index is 765. The van der Waals surface area contributed by atoms with Crippen LogP contribution in [0.5, 0.6) is 0 Å². The molecule has 0 saturated carbocycles. The van der Waals surface area contributed by atoms with Gasteiger partial charge in [0.05, 0.1) is 33.8 Å². The summed E-state index contributed by atoms with van der Waals surface area (Å²) in [5, 5.41) is -0.0226. The molecule has 1 fully saturated rings. The van der Waals surface area contributed by atoms with Crippen LogP contribution >= 0.6 is 23.4 Å². The predicted molar refractivity (Wildman–Crippen MR) is 90.7 cm³/mol. The highest BCUT2D eigenvalue weighted by Gasteiger charge is 2.36. The third-order valence-electron chi connectivity index (χ3n) is 2.98. The van der Waals surface area contributed by atoms with Crippen molar-refractivity contribution >= 4 is 50.9 Å². The second kappa shape index (κ2) is 7.81. The molecule has 2 rings (SSSR count). The van der Waals surface area contributed by atoms with E-state index in [0.29, 0.717) is 6.92 Å². The number of thioether (sulfide) groups is 1.